The number of nitrogens with zero attached hydrogens (tertiary/aromatic N) is 1. The van der Waals surface area contributed by atoms with Crippen LogP contribution in [-0.2, 0) is 4.74 Å². The molecule has 0 amide bonds. The van der Waals surface area contributed by atoms with E-state index in [1.165, 1.54) is 6.07 Å². The molecule has 4 nitrogen and oxygen atoms in total. The first-order chi connectivity index (χ1) is 8.81. The summed E-state index contributed by atoms with van der Waals surface area (Å²) in [4.78, 5) is 2.04. The van der Waals surface area contributed by atoms with Gasteiger partial charge in [-0.1, -0.05) is 0 Å². The van der Waals surface area contributed by atoms with E-state index in [0.717, 1.165) is 26.2 Å². The normalized spacial score (nSPS) is 15.8. The minimum absolute atomic E-state index is 0.156. The highest BCUT2D eigenvalue weighted by atomic mass is 19.1. The summed E-state index contributed by atoms with van der Waals surface area (Å²) < 4.78 is 24.3. The molecule has 0 saturated carbocycles. The average Bonchev–Trinajstić information content (AvgIpc) is 2.40. The van der Waals surface area contributed by atoms with E-state index >= 15 is 0 Å². The molecule has 1 heterocycles. The molecular weight excluding hydrogens is 235 g/mol. The van der Waals surface area contributed by atoms with Crippen LogP contribution in [0, 0.1) is 5.82 Å². The van der Waals surface area contributed by atoms with Crippen molar-refractivity contribution in [2.24, 2.45) is 0 Å². The van der Waals surface area contributed by atoms with Crippen molar-refractivity contribution in [2.45, 2.75) is 6.92 Å². The molecule has 0 spiro atoms. The first kappa shape index (κ1) is 13.1. The maximum atomic E-state index is 14.0. The van der Waals surface area contributed by atoms with Gasteiger partial charge in [0.05, 0.1) is 5.69 Å². The van der Waals surface area contributed by atoms with Crippen molar-refractivity contribution < 1.29 is 13.9 Å². The number of ether oxygens (including phenoxy) is 2. The van der Waals surface area contributed by atoms with Crippen molar-refractivity contribution in [1.29, 1.82) is 0 Å². The lowest BCUT2D eigenvalue weighted by atomic mass is 10.2. The van der Waals surface area contributed by atoms with E-state index in [-0.39, 0.29) is 12.6 Å². The van der Waals surface area contributed by atoms with Gasteiger partial charge in [-0.3, -0.25) is 0 Å². The lowest BCUT2D eigenvalue weighted by molar-refractivity contribution is 0.0222. The lowest BCUT2D eigenvalue weighted by Crippen LogP contribution is -2.43. The number of hydrogen-bond acceptors (Lipinski definition) is 4. The summed E-state index contributed by atoms with van der Waals surface area (Å²) in [6, 6.07) is 4.96. The van der Waals surface area contributed by atoms with Crippen LogP contribution in [0.15, 0.2) is 18.2 Å². The minimum Gasteiger partial charge on any atom is -0.467 e. The fourth-order valence-electron chi connectivity index (χ4n) is 1.93. The van der Waals surface area contributed by atoms with Crippen LogP contribution in [0.1, 0.15) is 6.92 Å². The molecule has 1 aliphatic rings. The molecule has 1 fully saturated rings. The van der Waals surface area contributed by atoms with Crippen LogP contribution in [0.2, 0.25) is 0 Å². The maximum absolute atomic E-state index is 14.0. The van der Waals surface area contributed by atoms with Gasteiger partial charge in [0.15, 0.2) is 6.79 Å². The summed E-state index contributed by atoms with van der Waals surface area (Å²) >= 11 is 0. The van der Waals surface area contributed by atoms with Crippen molar-refractivity contribution in [2.75, 3.05) is 44.5 Å². The van der Waals surface area contributed by atoms with E-state index in [1.54, 1.807) is 12.1 Å². The fraction of sp³-hybridized carbons (Fsp3) is 0.538. The van der Waals surface area contributed by atoms with E-state index in [0.29, 0.717) is 18.0 Å². The molecule has 18 heavy (non-hydrogen) atoms. The van der Waals surface area contributed by atoms with Gasteiger partial charge in [-0.15, -0.1) is 0 Å². The molecule has 0 unspecified atom stereocenters. The molecule has 1 aromatic rings. The highest BCUT2D eigenvalue weighted by molar-refractivity contribution is 5.51. The summed E-state index contributed by atoms with van der Waals surface area (Å²) in [6.45, 7) is 6.07. The minimum atomic E-state index is -0.245. The molecule has 5 heteroatoms. The second kappa shape index (κ2) is 6.56. The van der Waals surface area contributed by atoms with E-state index in [4.69, 9.17) is 9.47 Å². The number of piperazine rings is 1. The smallest absolute Gasteiger partial charge is 0.189 e. The molecule has 0 aliphatic carbocycles. The van der Waals surface area contributed by atoms with Gasteiger partial charge in [0.1, 0.15) is 11.6 Å². The predicted molar refractivity (Wildman–Crippen MR) is 68.6 cm³/mol. The second-order valence-electron chi connectivity index (χ2n) is 4.11. The average molecular weight is 254 g/mol. The molecule has 100 valence electrons. The summed E-state index contributed by atoms with van der Waals surface area (Å²) in [6.07, 6.45) is 0. The summed E-state index contributed by atoms with van der Waals surface area (Å²) in [5, 5.41) is 3.24. The second-order valence-corrected chi connectivity index (χ2v) is 4.11. The van der Waals surface area contributed by atoms with E-state index in [1.807, 2.05) is 11.8 Å². The van der Waals surface area contributed by atoms with Crippen molar-refractivity contribution in [3.63, 3.8) is 0 Å². The zero-order valence-electron chi connectivity index (χ0n) is 10.6. The van der Waals surface area contributed by atoms with Gasteiger partial charge in [0.25, 0.3) is 0 Å². The molecule has 2 rings (SSSR count). The highest BCUT2D eigenvalue weighted by Crippen LogP contribution is 2.24. The van der Waals surface area contributed by atoms with Gasteiger partial charge >= 0.3 is 0 Å². The Hall–Kier alpha value is -1.33. The number of halogens is 1. The molecule has 1 aliphatic heterocycles. The first-order valence-corrected chi connectivity index (χ1v) is 6.27. The third-order valence-corrected chi connectivity index (χ3v) is 2.89. The number of rotatable bonds is 5. The van der Waals surface area contributed by atoms with Crippen LogP contribution in [-0.4, -0.2) is 39.6 Å². The zero-order chi connectivity index (χ0) is 12.8. The zero-order valence-corrected chi connectivity index (χ0v) is 10.6. The van der Waals surface area contributed by atoms with Crippen molar-refractivity contribution in [3.05, 3.63) is 24.0 Å². The molecule has 1 aromatic carbocycles. The topological polar surface area (TPSA) is 33.7 Å². The summed E-state index contributed by atoms with van der Waals surface area (Å²) in [5.74, 6) is 0.255. The summed E-state index contributed by atoms with van der Waals surface area (Å²) in [5.41, 5.74) is 0.639. The number of hydrogen-bond donors (Lipinski definition) is 1. The monoisotopic (exact) mass is 254 g/mol. The Balaban J connectivity index is 2.00. The van der Waals surface area contributed by atoms with Crippen molar-refractivity contribution in [1.82, 2.24) is 5.32 Å². The molecule has 0 radical (unpaired) electrons. The van der Waals surface area contributed by atoms with Crippen molar-refractivity contribution in [3.8, 4) is 5.75 Å². The Morgan fingerprint density at radius 1 is 1.33 bits per heavy atom. The van der Waals surface area contributed by atoms with Crippen LogP contribution >= 0.6 is 0 Å². The van der Waals surface area contributed by atoms with E-state index in [2.05, 4.69) is 5.32 Å². The molecule has 0 bridgehead atoms. The Morgan fingerprint density at radius 3 is 2.78 bits per heavy atom. The maximum Gasteiger partial charge on any atom is 0.189 e. The molecule has 0 atom stereocenters. The van der Waals surface area contributed by atoms with Crippen LogP contribution in [0.5, 0.6) is 5.75 Å². The number of nitrogens with one attached hydrogen (secondary N) is 1. The van der Waals surface area contributed by atoms with Crippen LogP contribution < -0.4 is 15.0 Å². The SMILES string of the molecule is CCOCOc1ccc(N2CCNCC2)c(F)c1. The molecular formula is C13H19FN2O2. The van der Waals surface area contributed by atoms with Crippen LogP contribution in [0.3, 0.4) is 0 Å². The van der Waals surface area contributed by atoms with Gasteiger partial charge in [0, 0.05) is 38.9 Å². The quantitative estimate of drug-likeness (QED) is 0.639. The molecule has 1 N–H and O–H groups in total. The van der Waals surface area contributed by atoms with Gasteiger partial charge in [0.2, 0.25) is 0 Å². The summed E-state index contributed by atoms with van der Waals surface area (Å²) in [7, 11) is 0. The van der Waals surface area contributed by atoms with Crippen LogP contribution in [0.25, 0.3) is 0 Å². The standard InChI is InChI=1S/C13H19FN2O2/c1-2-17-10-18-11-3-4-13(12(14)9-11)16-7-5-15-6-8-16/h3-4,9,15H,2,5-8,10H2,1H3. The third kappa shape index (κ3) is 3.34. The van der Waals surface area contributed by atoms with Gasteiger partial charge in [-0.25, -0.2) is 4.39 Å². The van der Waals surface area contributed by atoms with E-state index in [9.17, 15) is 4.39 Å². The van der Waals surface area contributed by atoms with E-state index < -0.39 is 0 Å². The lowest BCUT2D eigenvalue weighted by Gasteiger charge is -2.29. The Bertz CT molecular complexity index is 381. The largest absolute Gasteiger partial charge is 0.467 e. The molecule has 1 saturated heterocycles. The molecule has 0 aromatic heterocycles. The Labute approximate surface area is 107 Å². The van der Waals surface area contributed by atoms with Gasteiger partial charge in [-0.2, -0.15) is 0 Å². The fourth-order valence-corrected chi connectivity index (χ4v) is 1.93. The first-order valence-electron chi connectivity index (χ1n) is 6.27. The predicted octanol–water partition coefficient (Wildman–Crippen LogP) is 1.61. The third-order valence-electron chi connectivity index (χ3n) is 2.89. The highest BCUT2D eigenvalue weighted by Gasteiger charge is 2.14. The van der Waals surface area contributed by atoms with Gasteiger partial charge < -0.3 is 19.7 Å². The Morgan fingerprint density at radius 2 is 2.11 bits per heavy atom. The number of benzene rings is 1. The van der Waals surface area contributed by atoms with Crippen molar-refractivity contribution >= 4 is 5.69 Å². The Kier molecular flexibility index (Phi) is 4.78. The number of anilines is 1. The van der Waals surface area contributed by atoms with Crippen LogP contribution in [0.4, 0.5) is 10.1 Å². The van der Waals surface area contributed by atoms with Gasteiger partial charge in [-0.05, 0) is 19.1 Å².